The fraction of sp³-hybridized carbons (Fsp3) is 0.267. The van der Waals surface area contributed by atoms with E-state index in [0.29, 0.717) is 0 Å². The molecule has 0 spiro atoms. The number of ether oxygens (including phenoxy) is 1. The molecule has 1 aromatic heterocycles. The van der Waals surface area contributed by atoms with E-state index in [1.807, 2.05) is 31.2 Å². The summed E-state index contributed by atoms with van der Waals surface area (Å²) in [6.07, 6.45) is 0.770. The van der Waals surface area contributed by atoms with Crippen molar-refractivity contribution in [1.82, 2.24) is 5.32 Å². The molecule has 1 aromatic carbocycles. The first-order valence-electron chi connectivity index (χ1n) is 6.34. The fourth-order valence-corrected chi connectivity index (χ4v) is 2.07. The van der Waals surface area contributed by atoms with Crippen LogP contribution in [0.1, 0.15) is 35.5 Å². The predicted octanol–water partition coefficient (Wildman–Crippen LogP) is 3.82. The van der Waals surface area contributed by atoms with Gasteiger partial charge in [0, 0.05) is 0 Å². The lowest BCUT2D eigenvalue weighted by molar-refractivity contribution is 0.0907. The van der Waals surface area contributed by atoms with Crippen LogP contribution in [0, 0.1) is 0 Å². The van der Waals surface area contributed by atoms with Gasteiger partial charge in [-0.1, -0.05) is 19.1 Å². The Labute approximate surface area is 122 Å². The molecular weight excluding hydrogens is 278 g/mol. The van der Waals surface area contributed by atoms with Crippen LogP contribution in [-0.2, 0) is 0 Å². The summed E-state index contributed by atoms with van der Waals surface area (Å²) < 4.78 is 10.2. The number of hydrogen-bond acceptors (Lipinski definition) is 3. The fourth-order valence-electron chi connectivity index (χ4n) is 1.92. The van der Waals surface area contributed by atoms with Crippen molar-refractivity contribution in [2.75, 3.05) is 7.11 Å². The molecule has 0 aliphatic carbocycles. The van der Waals surface area contributed by atoms with E-state index in [9.17, 15) is 4.79 Å². The van der Waals surface area contributed by atoms with Crippen LogP contribution < -0.4 is 10.1 Å². The van der Waals surface area contributed by atoms with E-state index in [4.69, 9.17) is 20.8 Å². The summed E-state index contributed by atoms with van der Waals surface area (Å²) in [6.45, 7) is 2.00. The van der Waals surface area contributed by atoms with Crippen LogP contribution in [-0.4, -0.2) is 13.0 Å². The van der Waals surface area contributed by atoms with Crippen molar-refractivity contribution in [2.45, 2.75) is 19.4 Å². The molecular formula is C15H16ClNO3. The van der Waals surface area contributed by atoms with E-state index in [2.05, 4.69) is 5.32 Å². The lowest BCUT2D eigenvalue weighted by Gasteiger charge is -2.17. The Bertz CT molecular complexity index is 577. The molecule has 0 radical (unpaired) electrons. The molecule has 1 atom stereocenters. The number of rotatable bonds is 5. The van der Waals surface area contributed by atoms with Gasteiger partial charge in [0.15, 0.2) is 11.0 Å². The van der Waals surface area contributed by atoms with Crippen molar-refractivity contribution in [3.63, 3.8) is 0 Å². The zero-order valence-electron chi connectivity index (χ0n) is 11.4. The molecule has 20 heavy (non-hydrogen) atoms. The molecule has 1 amide bonds. The number of methoxy groups -OCH3 is 1. The van der Waals surface area contributed by atoms with Crippen molar-refractivity contribution in [3.05, 3.63) is 52.9 Å². The Kier molecular flexibility index (Phi) is 4.69. The predicted molar refractivity (Wildman–Crippen MR) is 77.2 cm³/mol. The maximum Gasteiger partial charge on any atom is 0.287 e. The van der Waals surface area contributed by atoms with Crippen molar-refractivity contribution >= 4 is 17.5 Å². The van der Waals surface area contributed by atoms with Gasteiger partial charge >= 0.3 is 0 Å². The number of halogens is 1. The molecule has 2 rings (SSSR count). The first kappa shape index (κ1) is 14.5. The SMILES string of the molecule is CCC(NC(=O)c1ccc(Cl)o1)c1ccc(OC)cc1. The lowest BCUT2D eigenvalue weighted by Crippen LogP contribution is -2.27. The molecule has 0 saturated carbocycles. The number of furan rings is 1. The van der Waals surface area contributed by atoms with E-state index < -0.39 is 0 Å². The van der Waals surface area contributed by atoms with Gasteiger partial charge in [0.1, 0.15) is 5.75 Å². The van der Waals surface area contributed by atoms with E-state index in [1.165, 1.54) is 0 Å². The zero-order chi connectivity index (χ0) is 14.5. The highest BCUT2D eigenvalue weighted by Gasteiger charge is 2.16. The number of amides is 1. The van der Waals surface area contributed by atoms with E-state index in [1.54, 1.807) is 19.2 Å². The second-order valence-corrected chi connectivity index (χ2v) is 4.68. The average molecular weight is 294 g/mol. The Morgan fingerprint density at radius 2 is 2.00 bits per heavy atom. The first-order chi connectivity index (χ1) is 9.63. The van der Waals surface area contributed by atoms with Crippen LogP contribution in [0.3, 0.4) is 0 Å². The minimum Gasteiger partial charge on any atom is -0.497 e. The second-order valence-electron chi connectivity index (χ2n) is 4.31. The van der Waals surface area contributed by atoms with Crippen LogP contribution >= 0.6 is 11.6 Å². The van der Waals surface area contributed by atoms with E-state index in [0.717, 1.165) is 17.7 Å². The number of carbonyl (C=O) groups is 1. The number of benzene rings is 1. The van der Waals surface area contributed by atoms with Crippen LogP contribution in [0.25, 0.3) is 0 Å². The Hall–Kier alpha value is -1.94. The molecule has 106 valence electrons. The molecule has 4 nitrogen and oxygen atoms in total. The second kappa shape index (κ2) is 6.48. The van der Waals surface area contributed by atoms with Gasteiger partial charge in [0.25, 0.3) is 5.91 Å². The molecule has 0 aliphatic rings. The molecule has 0 fully saturated rings. The normalized spacial score (nSPS) is 11.9. The summed E-state index contributed by atoms with van der Waals surface area (Å²) >= 11 is 5.66. The monoisotopic (exact) mass is 293 g/mol. The third-order valence-electron chi connectivity index (χ3n) is 3.03. The van der Waals surface area contributed by atoms with E-state index in [-0.39, 0.29) is 22.9 Å². The van der Waals surface area contributed by atoms with Crippen molar-refractivity contribution < 1.29 is 13.9 Å². The zero-order valence-corrected chi connectivity index (χ0v) is 12.1. The molecule has 2 aromatic rings. The smallest absolute Gasteiger partial charge is 0.287 e. The summed E-state index contributed by atoms with van der Waals surface area (Å²) in [5, 5.41) is 3.12. The van der Waals surface area contributed by atoms with Gasteiger partial charge in [0.05, 0.1) is 13.2 Å². The Morgan fingerprint density at radius 3 is 2.50 bits per heavy atom. The van der Waals surface area contributed by atoms with Crippen molar-refractivity contribution in [1.29, 1.82) is 0 Å². The largest absolute Gasteiger partial charge is 0.497 e. The minimum absolute atomic E-state index is 0.0859. The molecule has 5 heteroatoms. The summed E-state index contributed by atoms with van der Waals surface area (Å²) in [4.78, 5) is 12.0. The molecule has 1 N–H and O–H groups in total. The van der Waals surface area contributed by atoms with Gasteiger partial charge in [-0.2, -0.15) is 0 Å². The summed E-state index contributed by atoms with van der Waals surface area (Å²) in [7, 11) is 1.62. The highest BCUT2D eigenvalue weighted by Crippen LogP contribution is 2.21. The summed E-state index contributed by atoms with van der Waals surface area (Å²) in [5.41, 5.74) is 1.01. The van der Waals surface area contributed by atoms with Crippen LogP contribution in [0.2, 0.25) is 5.22 Å². The minimum atomic E-state index is -0.278. The van der Waals surface area contributed by atoms with E-state index >= 15 is 0 Å². The van der Waals surface area contributed by atoms with Crippen LogP contribution in [0.5, 0.6) is 5.75 Å². The van der Waals surface area contributed by atoms with Gasteiger partial charge in [-0.25, -0.2) is 0 Å². The standard InChI is InChI=1S/C15H16ClNO3/c1-3-12(10-4-6-11(19-2)7-5-10)17-15(18)13-8-9-14(16)20-13/h4-9,12H,3H2,1-2H3,(H,17,18). The van der Waals surface area contributed by atoms with Gasteiger partial charge in [-0.15, -0.1) is 0 Å². The molecule has 0 bridgehead atoms. The average Bonchev–Trinajstić information content (AvgIpc) is 2.91. The van der Waals surface area contributed by atoms with Crippen molar-refractivity contribution in [3.8, 4) is 5.75 Å². The molecule has 0 aliphatic heterocycles. The number of hydrogen-bond donors (Lipinski definition) is 1. The molecule has 1 unspecified atom stereocenters. The quantitative estimate of drug-likeness (QED) is 0.911. The molecule has 0 saturated heterocycles. The Balaban J connectivity index is 2.09. The lowest BCUT2D eigenvalue weighted by atomic mass is 10.0. The van der Waals surface area contributed by atoms with Gasteiger partial charge in [0.2, 0.25) is 0 Å². The maximum absolute atomic E-state index is 12.0. The number of nitrogens with one attached hydrogen (secondary N) is 1. The van der Waals surface area contributed by atoms with Gasteiger partial charge < -0.3 is 14.5 Å². The van der Waals surface area contributed by atoms with Crippen LogP contribution in [0.4, 0.5) is 0 Å². The topological polar surface area (TPSA) is 51.5 Å². The van der Waals surface area contributed by atoms with Crippen molar-refractivity contribution in [2.24, 2.45) is 0 Å². The third-order valence-corrected chi connectivity index (χ3v) is 3.23. The van der Waals surface area contributed by atoms with Gasteiger partial charge in [-0.3, -0.25) is 4.79 Å². The first-order valence-corrected chi connectivity index (χ1v) is 6.72. The van der Waals surface area contributed by atoms with Gasteiger partial charge in [-0.05, 0) is 47.9 Å². The summed E-state index contributed by atoms with van der Waals surface area (Å²) in [5.74, 6) is 0.717. The Morgan fingerprint density at radius 1 is 1.30 bits per heavy atom. The highest BCUT2D eigenvalue weighted by molar-refractivity contribution is 6.29. The number of carbonyl (C=O) groups excluding carboxylic acids is 1. The molecule has 1 heterocycles. The summed E-state index contributed by atoms with van der Waals surface area (Å²) in [6, 6.07) is 10.6. The highest BCUT2D eigenvalue weighted by atomic mass is 35.5. The maximum atomic E-state index is 12.0. The van der Waals surface area contributed by atoms with Crippen LogP contribution in [0.15, 0.2) is 40.8 Å². The third kappa shape index (κ3) is 3.33.